The first kappa shape index (κ1) is 30.6. The van der Waals surface area contributed by atoms with E-state index in [1.165, 1.54) is 5.56 Å². The summed E-state index contributed by atoms with van der Waals surface area (Å²) >= 11 is 0. The highest BCUT2D eigenvalue weighted by Gasteiger charge is 2.38. The number of allylic oxidation sites excluding steroid dienone is 1. The second kappa shape index (κ2) is 13.6. The van der Waals surface area contributed by atoms with Crippen LogP contribution in [0.4, 0.5) is 30.7 Å². The molecule has 220 valence electrons. The van der Waals surface area contributed by atoms with E-state index in [0.717, 1.165) is 76.3 Å². The van der Waals surface area contributed by atoms with Crippen LogP contribution in [0.15, 0.2) is 42.2 Å². The Bertz CT molecular complexity index is 1110. The van der Waals surface area contributed by atoms with Gasteiger partial charge in [0.2, 0.25) is 0 Å². The topological polar surface area (TPSA) is 0 Å². The SMILES string of the molecule is CCCCC(F)=C(F)c1ccc(C2CCC(C3CCC(CCc4cc(F)c(C(F)(F)F)c(F)c4)CC3)CC2)cc1. The van der Waals surface area contributed by atoms with Crippen LogP contribution >= 0.6 is 0 Å². The van der Waals surface area contributed by atoms with Crippen LogP contribution in [-0.2, 0) is 12.6 Å². The molecule has 0 aromatic heterocycles. The second-order valence-corrected chi connectivity index (χ2v) is 11.8. The number of rotatable bonds is 9. The molecule has 0 amide bonds. The molecule has 0 spiro atoms. The summed E-state index contributed by atoms with van der Waals surface area (Å²) in [7, 11) is 0. The summed E-state index contributed by atoms with van der Waals surface area (Å²) in [6.45, 7) is 1.95. The van der Waals surface area contributed by atoms with Crippen molar-refractivity contribution < 1.29 is 30.7 Å². The van der Waals surface area contributed by atoms with E-state index in [1.54, 1.807) is 12.1 Å². The van der Waals surface area contributed by atoms with Crippen LogP contribution < -0.4 is 0 Å². The second-order valence-electron chi connectivity index (χ2n) is 11.8. The zero-order chi connectivity index (χ0) is 28.9. The summed E-state index contributed by atoms with van der Waals surface area (Å²) < 4.78 is 94.6. The molecule has 0 radical (unpaired) electrons. The molecule has 7 heteroatoms. The van der Waals surface area contributed by atoms with Crippen LogP contribution in [0.5, 0.6) is 0 Å². The van der Waals surface area contributed by atoms with E-state index in [2.05, 4.69) is 0 Å². The molecule has 0 atom stereocenters. The van der Waals surface area contributed by atoms with Crippen molar-refractivity contribution in [3.05, 3.63) is 76.1 Å². The van der Waals surface area contributed by atoms with Gasteiger partial charge in [-0.2, -0.15) is 13.2 Å². The Morgan fingerprint density at radius 1 is 0.800 bits per heavy atom. The van der Waals surface area contributed by atoms with Crippen LogP contribution in [-0.4, -0.2) is 0 Å². The average molecular weight is 569 g/mol. The van der Waals surface area contributed by atoms with Crippen molar-refractivity contribution in [2.45, 2.75) is 102 Å². The summed E-state index contributed by atoms with van der Waals surface area (Å²) in [5, 5.41) is 0. The Kier molecular flexibility index (Phi) is 10.4. The van der Waals surface area contributed by atoms with E-state index in [9.17, 15) is 30.7 Å². The van der Waals surface area contributed by atoms with Crippen molar-refractivity contribution in [1.29, 1.82) is 0 Å². The number of aryl methyl sites for hydroxylation is 1. The van der Waals surface area contributed by atoms with Gasteiger partial charge >= 0.3 is 6.18 Å². The maximum Gasteiger partial charge on any atom is 0.422 e. The van der Waals surface area contributed by atoms with E-state index < -0.39 is 35.0 Å². The molecule has 2 aromatic carbocycles. The summed E-state index contributed by atoms with van der Waals surface area (Å²) in [4.78, 5) is 0. The van der Waals surface area contributed by atoms with Crippen molar-refractivity contribution in [3.8, 4) is 0 Å². The third kappa shape index (κ3) is 7.70. The van der Waals surface area contributed by atoms with Crippen molar-refractivity contribution >= 4 is 5.83 Å². The van der Waals surface area contributed by atoms with Gasteiger partial charge in [-0.3, -0.25) is 0 Å². The molecule has 4 rings (SSSR count). The Labute approximate surface area is 233 Å². The molecule has 2 fully saturated rings. The lowest BCUT2D eigenvalue weighted by Gasteiger charge is -2.38. The van der Waals surface area contributed by atoms with Gasteiger partial charge in [0.15, 0.2) is 5.83 Å². The molecule has 0 saturated heterocycles. The lowest BCUT2D eigenvalue weighted by molar-refractivity contribution is -0.142. The maximum atomic E-state index is 14.4. The van der Waals surface area contributed by atoms with E-state index in [1.807, 2.05) is 19.1 Å². The zero-order valence-electron chi connectivity index (χ0n) is 23.1. The molecule has 40 heavy (non-hydrogen) atoms. The van der Waals surface area contributed by atoms with Gasteiger partial charge in [0.05, 0.1) is 0 Å². The standard InChI is InChI=1S/C33H39F7/c1-2-3-4-28(34)32(37)27-17-15-26(16-18-27)25-13-11-24(12-14-25)23-9-7-21(8-10-23)5-6-22-19-29(35)31(30(36)20-22)33(38,39)40/h15-21,23-25H,2-14H2,1H3. The van der Waals surface area contributed by atoms with Crippen LogP contribution in [0.1, 0.15) is 112 Å². The molecule has 0 heterocycles. The summed E-state index contributed by atoms with van der Waals surface area (Å²) in [5.41, 5.74) is -0.0557. The highest BCUT2D eigenvalue weighted by Crippen LogP contribution is 2.45. The number of alkyl halides is 3. The molecular formula is C33H39F7. The lowest BCUT2D eigenvalue weighted by atomic mass is 9.68. The zero-order valence-corrected chi connectivity index (χ0v) is 23.1. The molecule has 0 bridgehead atoms. The summed E-state index contributed by atoms with van der Waals surface area (Å²) in [6.07, 6.45) is 6.38. The normalized spacial score (nSPS) is 24.6. The lowest BCUT2D eigenvalue weighted by Crippen LogP contribution is -2.25. The largest absolute Gasteiger partial charge is 0.422 e. The Balaban J connectivity index is 1.22. The van der Waals surface area contributed by atoms with Crippen LogP contribution in [0, 0.1) is 29.4 Å². The average Bonchev–Trinajstić information content (AvgIpc) is 2.94. The number of hydrogen-bond acceptors (Lipinski definition) is 0. The first-order valence-electron chi connectivity index (χ1n) is 14.8. The van der Waals surface area contributed by atoms with E-state index >= 15 is 0 Å². The van der Waals surface area contributed by atoms with Crippen LogP contribution in [0.2, 0.25) is 0 Å². The van der Waals surface area contributed by atoms with Gasteiger partial charge in [0.1, 0.15) is 23.0 Å². The molecule has 2 aromatic rings. The van der Waals surface area contributed by atoms with Gasteiger partial charge in [0.25, 0.3) is 0 Å². The highest BCUT2D eigenvalue weighted by molar-refractivity contribution is 5.61. The van der Waals surface area contributed by atoms with E-state index in [-0.39, 0.29) is 12.0 Å². The van der Waals surface area contributed by atoms with Gasteiger partial charge in [-0.05, 0) is 105 Å². The molecule has 0 nitrogen and oxygen atoms in total. The minimum Gasteiger partial charge on any atom is -0.209 e. The fraction of sp³-hybridized carbons (Fsp3) is 0.576. The molecular weight excluding hydrogens is 529 g/mol. The molecule has 2 saturated carbocycles. The van der Waals surface area contributed by atoms with Gasteiger partial charge < -0.3 is 0 Å². The van der Waals surface area contributed by atoms with Crippen molar-refractivity contribution in [2.75, 3.05) is 0 Å². The summed E-state index contributed by atoms with van der Waals surface area (Å²) in [5.74, 6) is -2.33. The molecule has 0 unspecified atom stereocenters. The smallest absolute Gasteiger partial charge is 0.209 e. The predicted octanol–water partition coefficient (Wildman–Crippen LogP) is 11.5. The number of benzene rings is 2. The van der Waals surface area contributed by atoms with Crippen molar-refractivity contribution in [2.24, 2.45) is 17.8 Å². The number of unbranched alkanes of at least 4 members (excludes halogenated alkanes) is 1. The monoisotopic (exact) mass is 568 g/mol. The van der Waals surface area contributed by atoms with Crippen LogP contribution in [0.3, 0.4) is 0 Å². The maximum absolute atomic E-state index is 14.4. The summed E-state index contributed by atoms with van der Waals surface area (Å²) in [6, 6.07) is 8.90. The van der Waals surface area contributed by atoms with Gasteiger partial charge in [-0.1, -0.05) is 50.5 Å². The molecule has 0 N–H and O–H groups in total. The van der Waals surface area contributed by atoms with Crippen molar-refractivity contribution in [1.82, 2.24) is 0 Å². The molecule has 2 aliphatic carbocycles. The Morgan fingerprint density at radius 2 is 1.35 bits per heavy atom. The van der Waals surface area contributed by atoms with Crippen LogP contribution in [0.25, 0.3) is 5.83 Å². The third-order valence-electron chi connectivity index (χ3n) is 9.18. The Hall–Kier alpha value is -2.31. The minimum absolute atomic E-state index is 0.134. The fourth-order valence-electron chi connectivity index (χ4n) is 6.78. The first-order chi connectivity index (χ1) is 19.1. The Morgan fingerprint density at radius 3 is 1.88 bits per heavy atom. The quantitative estimate of drug-likeness (QED) is 0.264. The number of halogens is 7. The van der Waals surface area contributed by atoms with Gasteiger partial charge in [0, 0.05) is 12.0 Å². The number of hydrogen-bond donors (Lipinski definition) is 0. The fourth-order valence-corrected chi connectivity index (χ4v) is 6.78. The molecule has 0 aliphatic heterocycles. The minimum atomic E-state index is -5.04. The predicted molar refractivity (Wildman–Crippen MR) is 145 cm³/mol. The molecule has 2 aliphatic rings. The highest BCUT2D eigenvalue weighted by atomic mass is 19.4. The van der Waals surface area contributed by atoms with E-state index in [0.29, 0.717) is 42.1 Å². The van der Waals surface area contributed by atoms with Gasteiger partial charge in [-0.15, -0.1) is 0 Å². The van der Waals surface area contributed by atoms with Gasteiger partial charge in [-0.25, -0.2) is 17.6 Å². The first-order valence-corrected chi connectivity index (χ1v) is 14.8. The van der Waals surface area contributed by atoms with Crippen molar-refractivity contribution in [3.63, 3.8) is 0 Å². The third-order valence-corrected chi connectivity index (χ3v) is 9.18. The van der Waals surface area contributed by atoms with E-state index in [4.69, 9.17) is 0 Å².